The van der Waals surface area contributed by atoms with E-state index in [9.17, 15) is 0 Å². The third-order valence-electron chi connectivity index (χ3n) is 4.28. The van der Waals surface area contributed by atoms with E-state index in [-0.39, 0.29) is 0 Å². The Morgan fingerprint density at radius 1 is 0.650 bits per heavy atom. The van der Waals surface area contributed by atoms with Crippen molar-refractivity contribution in [3.05, 3.63) is 12.4 Å². The predicted octanol–water partition coefficient (Wildman–Crippen LogP) is 5.36. The standard InChI is InChI=1S/C18H36N2/c1-4-7-9-10-12-15-20-17-16-19(14-6-3)18(20)13-11-8-5-2/h16-18H,4-15H2,1-3H3. The average Bonchev–Trinajstić information content (AvgIpc) is 2.82. The highest BCUT2D eigenvalue weighted by atomic mass is 15.4. The Kier molecular flexibility index (Phi) is 9.61. The van der Waals surface area contributed by atoms with Crippen LogP contribution in [0.1, 0.15) is 85.0 Å². The van der Waals surface area contributed by atoms with E-state index in [0.29, 0.717) is 6.17 Å². The fourth-order valence-electron chi connectivity index (χ4n) is 3.07. The highest BCUT2D eigenvalue weighted by molar-refractivity contribution is 4.96. The van der Waals surface area contributed by atoms with Crippen molar-refractivity contribution in [2.75, 3.05) is 13.1 Å². The maximum atomic E-state index is 2.59. The maximum Gasteiger partial charge on any atom is 0.101 e. The fourth-order valence-corrected chi connectivity index (χ4v) is 3.07. The molecule has 0 spiro atoms. The molecule has 0 fully saturated rings. The van der Waals surface area contributed by atoms with E-state index in [4.69, 9.17) is 0 Å². The van der Waals surface area contributed by atoms with Gasteiger partial charge < -0.3 is 9.80 Å². The van der Waals surface area contributed by atoms with Gasteiger partial charge in [0.25, 0.3) is 0 Å². The first-order valence-corrected chi connectivity index (χ1v) is 9.03. The van der Waals surface area contributed by atoms with Gasteiger partial charge in [-0.05, 0) is 25.7 Å². The van der Waals surface area contributed by atoms with Gasteiger partial charge in [-0.25, -0.2) is 0 Å². The molecule has 0 N–H and O–H groups in total. The van der Waals surface area contributed by atoms with E-state index in [1.807, 2.05) is 0 Å². The van der Waals surface area contributed by atoms with Crippen molar-refractivity contribution in [3.63, 3.8) is 0 Å². The number of nitrogens with zero attached hydrogens (tertiary/aromatic N) is 2. The van der Waals surface area contributed by atoms with Gasteiger partial charge in [0.2, 0.25) is 0 Å². The lowest BCUT2D eigenvalue weighted by Crippen LogP contribution is -2.39. The number of unbranched alkanes of at least 4 members (excludes halogenated alkanes) is 6. The first-order valence-electron chi connectivity index (χ1n) is 9.03. The Morgan fingerprint density at radius 2 is 1.25 bits per heavy atom. The number of hydrogen-bond donors (Lipinski definition) is 0. The van der Waals surface area contributed by atoms with Gasteiger partial charge in [-0.1, -0.05) is 59.3 Å². The van der Waals surface area contributed by atoms with Crippen molar-refractivity contribution in [2.24, 2.45) is 0 Å². The monoisotopic (exact) mass is 280 g/mol. The number of hydrogen-bond acceptors (Lipinski definition) is 2. The van der Waals surface area contributed by atoms with Gasteiger partial charge in [0.05, 0.1) is 0 Å². The normalized spacial score (nSPS) is 18.2. The minimum Gasteiger partial charge on any atom is -0.356 e. The van der Waals surface area contributed by atoms with E-state index in [2.05, 4.69) is 43.0 Å². The van der Waals surface area contributed by atoms with E-state index >= 15 is 0 Å². The molecular weight excluding hydrogens is 244 g/mol. The Balaban J connectivity index is 2.31. The van der Waals surface area contributed by atoms with Gasteiger partial charge in [-0.15, -0.1) is 0 Å². The summed E-state index contributed by atoms with van der Waals surface area (Å²) in [4.78, 5) is 5.15. The van der Waals surface area contributed by atoms with Crippen molar-refractivity contribution in [1.29, 1.82) is 0 Å². The molecule has 20 heavy (non-hydrogen) atoms. The van der Waals surface area contributed by atoms with Crippen LogP contribution in [0.2, 0.25) is 0 Å². The van der Waals surface area contributed by atoms with Gasteiger partial charge in [-0.3, -0.25) is 0 Å². The van der Waals surface area contributed by atoms with Crippen LogP contribution in [0.4, 0.5) is 0 Å². The molecular formula is C18H36N2. The molecule has 0 amide bonds. The Bertz CT molecular complexity index is 250. The maximum absolute atomic E-state index is 2.59. The van der Waals surface area contributed by atoms with Crippen molar-refractivity contribution < 1.29 is 0 Å². The van der Waals surface area contributed by atoms with Gasteiger partial charge in [0.15, 0.2) is 0 Å². The fraction of sp³-hybridized carbons (Fsp3) is 0.889. The van der Waals surface area contributed by atoms with Crippen molar-refractivity contribution in [1.82, 2.24) is 9.80 Å². The van der Waals surface area contributed by atoms with E-state index in [1.165, 1.54) is 77.3 Å². The predicted molar refractivity (Wildman–Crippen MR) is 89.5 cm³/mol. The Morgan fingerprint density at radius 3 is 1.90 bits per heavy atom. The second-order valence-corrected chi connectivity index (χ2v) is 6.16. The van der Waals surface area contributed by atoms with Crippen molar-refractivity contribution in [3.8, 4) is 0 Å². The van der Waals surface area contributed by atoms with Crippen LogP contribution in [0.3, 0.4) is 0 Å². The molecule has 2 nitrogen and oxygen atoms in total. The van der Waals surface area contributed by atoms with Crippen molar-refractivity contribution >= 4 is 0 Å². The van der Waals surface area contributed by atoms with Gasteiger partial charge in [0.1, 0.15) is 6.17 Å². The molecule has 1 aliphatic rings. The van der Waals surface area contributed by atoms with Crippen LogP contribution < -0.4 is 0 Å². The molecule has 0 aromatic rings. The molecule has 0 saturated heterocycles. The van der Waals surface area contributed by atoms with Gasteiger partial charge >= 0.3 is 0 Å². The lowest BCUT2D eigenvalue weighted by molar-refractivity contribution is 0.137. The summed E-state index contributed by atoms with van der Waals surface area (Å²) in [5.41, 5.74) is 0. The molecule has 0 aromatic carbocycles. The molecule has 0 radical (unpaired) electrons. The van der Waals surface area contributed by atoms with Crippen LogP contribution in [-0.2, 0) is 0 Å². The highest BCUT2D eigenvalue weighted by Crippen LogP contribution is 2.22. The molecule has 1 heterocycles. The van der Waals surface area contributed by atoms with Gasteiger partial charge in [0, 0.05) is 25.5 Å². The quantitative estimate of drug-likeness (QED) is 0.444. The molecule has 1 unspecified atom stereocenters. The average molecular weight is 280 g/mol. The summed E-state index contributed by atoms with van der Waals surface area (Å²) in [5.74, 6) is 0. The zero-order valence-corrected chi connectivity index (χ0v) is 14.1. The molecule has 0 aromatic heterocycles. The van der Waals surface area contributed by atoms with E-state index < -0.39 is 0 Å². The Hall–Kier alpha value is -0.660. The topological polar surface area (TPSA) is 6.48 Å². The van der Waals surface area contributed by atoms with Crippen LogP contribution in [-0.4, -0.2) is 29.1 Å². The molecule has 118 valence electrons. The van der Waals surface area contributed by atoms with Crippen molar-refractivity contribution in [2.45, 2.75) is 91.1 Å². The SMILES string of the molecule is CCCCCCCN1C=CN(CCC)C1CCCCC. The number of rotatable bonds is 12. The lowest BCUT2D eigenvalue weighted by Gasteiger charge is -2.33. The summed E-state index contributed by atoms with van der Waals surface area (Å²) in [6, 6.07) is 0. The lowest BCUT2D eigenvalue weighted by atomic mass is 10.1. The third-order valence-corrected chi connectivity index (χ3v) is 4.28. The second-order valence-electron chi connectivity index (χ2n) is 6.16. The zero-order valence-electron chi connectivity index (χ0n) is 14.1. The molecule has 0 saturated carbocycles. The first kappa shape index (κ1) is 17.4. The third kappa shape index (κ3) is 6.19. The summed E-state index contributed by atoms with van der Waals surface area (Å²) in [7, 11) is 0. The highest BCUT2D eigenvalue weighted by Gasteiger charge is 2.24. The van der Waals surface area contributed by atoms with E-state index in [1.54, 1.807) is 0 Å². The minimum absolute atomic E-state index is 0.646. The largest absolute Gasteiger partial charge is 0.356 e. The minimum atomic E-state index is 0.646. The molecule has 2 heteroatoms. The molecule has 1 atom stereocenters. The molecule has 0 aliphatic carbocycles. The molecule has 1 aliphatic heterocycles. The summed E-state index contributed by atoms with van der Waals surface area (Å²) in [6.07, 6.45) is 18.9. The van der Waals surface area contributed by atoms with E-state index in [0.717, 1.165) is 0 Å². The van der Waals surface area contributed by atoms with Gasteiger partial charge in [-0.2, -0.15) is 0 Å². The van der Waals surface area contributed by atoms with Crippen LogP contribution in [0.15, 0.2) is 12.4 Å². The second kappa shape index (κ2) is 11.0. The van der Waals surface area contributed by atoms with Crippen LogP contribution in [0, 0.1) is 0 Å². The van der Waals surface area contributed by atoms with Crippen LogP contribution >= 0.6 is 0 Å². The summed E-state index contributed by atoms with van der Waals surface area (Å²) in [6.45, 7) is 9.32. The Labute approximate surface area is 127 Å². The summed E-state index contributed by atoms with van der Waals surface area (Å²) >= 11 is 0. The van der Waals surface area contributed by atoms with Crippen LogP contribution in [0.25, 0.3) is 0 Å². The smallest absolute Gasteiger partial charge is 0.101 e. The molecule has 1 rings (SSSR count). The molecule has 0 bridgehead atoms. The summed E-state index contributed by atoms with van der Waals surface area (Å²) in [5, 5.41) is 0. The van der Waals surface area contributed by atoms with Crippen LogP contribution in [0.5, 0.6) is 0 Å². The summed E-state index contributed by atoms with van der Waals surface area (Å²) < 4.78 is 0. The zero-order chi connectivity index (χ0) is 14.6. The first-order chi connectivity index (χ1) is 9.83.